The van der Waals surface area contributed by atoms with Crippen molar-refractivity contribution in [2.75, 3.05) is 6.61 Å². The zero-order valence-electron chi connectivity index (χ0n) is 17.1. The first kappa shape index (κ1) is 27.5. The second kappa shape index (κ2) is 15.4. The number of aliphatic carboxylic acids is 3. The van der Waals surface area contributed by atoms with E-state index in [1.807, 2.05) is 30.3 Å². The Hall–Kier alpha value is -3.47. The molecule has 0 spiro atoms. The lowest BCUT2D eigenvalue weighted by atomic mass is 10.1. The summed E-state index contributed by atoms with van der Waals surface area (Å²) in [5.74, 6) is -4.46. The Morgan fingerprint density at radius 2 is 1.35 bits per heavy atom. The van der Waals surface area contributed by atoms with Crippen LogP contribution in [0.15, 0.2) is 30.3 Å². The van der Waals surface area contributed by atoms with Crippen molar-refractivity contribution in [3.8, 4) is 0 Å². The van der Waals surface area contributed by atoms with Gasteiger partial charge in [0.2, 0.25) is 0 Å². The predicted molar refractivity (Wildman–Crippen MR) is 106 cm³/mol. The molecule has 0 amide bonds. The number of carboxylic acid groups (broad SMARTS) is 3. The lowest BCUT2D eigenvalue weighted by Crippen LogP contribution is -2.37. The Labute approximate surface area is 178 Å². The molecule has 0 bridgehead atoms. The van der Waals surface area contributed by atoms with Crippen LogP contribution < -0.4 is 5.73 Å². The molecular weight excluding hydrogens is 414 g/mol. The molecule has 2 atom stereocenters. The van der Waals surface area contributed by atoms with E-state index in [4.69, 9.17) is 30.5 Å². The topological polar surface area (TPSA) is 191 Å². The Kier molecular flexibility index (Phi) is 13.7. The molecule has 0 aliphatic heterocycles. The van der Waals surface area contributed by atoms with Crippen molar-refractivity contribution >= 4 is 29.8 Å². The molecule has 0 aliphatic carbocycles. The third kappa shape index (κ3) is 16.1. The predicted octanol–water partition coefficient (Wildman–Crippen LogP) is 0.832. The zero-order valence-corrected chi connectivity index (χ0v) is 17.1. The number of nitrogens with two attached hydrogens (primary N) is 1. The van der Waals surface area contributed by atoms with Gasteiger partial charge in [-0.25, -0.2) is 0 Å². The first-order chi connectivity index (χ1) is 14.5. The molecule has 0 saturated heterocycles. The van der Waals surface area contributed by atoms with Gasteiger partial charge >= 0.3 is 29.8 Å². The van der Waals surface area contributed by atoms with Crippen molar-refractivity contribution in [3.63, 3.8) is 0 Å². The van der Waals surface area contributed by atoms with Crippen LogP contribution in [0.3, 0.4) is 0 Å². The minimum absolute atomic E-state index is 0.137. The summed E-state index contributed by atoms with van der Waals surface area (Å²) in [5, 5.41) is 24.2. The van der Waals surface area contributed by atoms with Gasteiger partial charge in [0.1, 0.15) is 18.8 Å². The van der Waals surface area contributed by atoms with Crippen molar-refractivity contribution in [2.45, 2.75) is 51.2 Å². The molecule has 172 valence electrons. The minimum Gasteiger partial charge on any atom is -0.481 e. The highest BCUT2D eigenvalue weighted by atomic mass is 16.6. The van der Waals surface area contributed by atoms with E-state index < -0.39 is 42.0 Å². The van der Waals surface area contributed by atoms with E-state index in [-0.39, 0.29) is 32.3 Å². The number of ether oxygens (including phenoxy) is 2. The van der Waals surface area contributed by atoms with Crippen LogP contribution in [-0.2, 0) is 39.9 Å². The Balaban J connectivity index is 0.000000954. The van der Waals surface area contributed by atoms with Crippen molar-refractivity contribution in [1.82, 2.24) is 0 Å². The van der Waals surface area contributed by atoms with Gasteiger partial charge in [-0.1, -0.05) is 30.3 Å². The van der Waals surface area contributed by atoms with Gasteiger partial charge in [0.15, 0.2) is 0 Å². The molecule has 0 radical (unpaired) electrons. The van der Waals surface area contributed by atoms with Crippen molar-refractivity contribution in [3.05, 3.63) is 35.9 Å². The summed E-state index contributed by atoms with van der Waals surface area (Å²) in [5.41, 5.74) is 6.71. The van der Waals surface area contributed by atoms with Crippen LogP contribution in [0.2, 0.25) is 0 Å². The molecule has 5 N–H and O–H groups in total. The molecule has 1 unspecified atom stereocenters. The van der Waals surface area contributed by atoms with E-state index in [9.17, 15) is 24.0 Å². The second-order valence-electron chi connectivity index (χ2n) is 6.41. The van der Waals surface area contributed by atoms with E-state index in [2.05, 4.69) is 0 Å². The first-order valence-electron chi connectivity index (χ1n) is 9.32. The molecule has 1 rings (SSSR count). The second-order valence-corrected chi connectivity index (χ2v) is 6.41. The van der Waals surface area contributed by atoms with Crippen molar-refractivity contribution < 1.29 is 48.8 Å². The molecule has 11 heteroatoms. The lowest BCUT2D eigenvalue weighted by Gasteiger charge is -2.17. The van der Waals surface area contributed by atoms with Crippen LogP contribution >= 0.6 is 0 Å². The van der Waals surface area contributed by atoms with E-state index >= 15 is 0 Å². The van der Waals surface area contributed by atoms with Crippen molar-refractivity contribution in [2.24, 2.45) is 5.73 Å². The smallest absolute Gasteiger partial charge is 0.323 e. The minimum atomic E-state index is -1.08. The molecule has 1 aromatic carbocycles. The van der Waals surface area contributed by atoms with Gasteiger partial charge in [-0.15, -0.1) is 0 Å². The third-order valence-electron chi connectivity index (χ3n) is 3.49. The number of hydrogen-bond donors (Lipinski definition) is 4. The molecule has 1 aromatic rings. The number of hydrogen-bond acceptors (Lipinski definition) is 8. The van der Waals surface area contributed by atoms with Crippen LogP contribution in [0.25, 0.3) is 0 Å². The third-order valence-corrected chi connectivity index (χ3v) is 3.49. The Morgan fingerprint density at radius 3 is 1.84 bits per heavy atom. The quantitative estimate of drug-likeness (QED) is 0.336. The highest BCUT2D eigenvalue weighted by Gasteiger charge is 2.19. The number of rotatable bonds is 12. The SMILES string of the molecule is CC(COC(=O)CCC(=O)O)OC(=O)[C@@H](N)Cc1ccccc1.O=C(O)CCC(=O)O. The monoisotopic (exact) mass is 441 g/mol. The molecule has 0 fully saturated rings. The fourth-order valence-electron chi connectivity index (χ4n) is 1.98. The summed E-state index contributed by atoms with van der Waals surface area (Å²) in [6, 6.07) is 8.50. The molecule has 31 heavy (non-hydrogen) atoms. The average molecular weight is 441 g/mol. The summed E-state index contributed by atoms with van der Waals surface area (Å²) in [7, 11) is 0. The summed E-state index contributed by atoms with van der Waals surface area (Å²) >= 11 is 0. The lowest BCUT2D eigenvalue weighted by molar-refractivity contribution is -0.159. The normalized spacial score (nSPS) is 11.8. The molecular formula is C20H27NO10. The highest BCUT2D eigenvalue weighted by Crippen LogP contribution is 2.05. The number of benzene rings is 1. The maximum atomic E-state index is 11.9. The molecule has 0 aliphatic rings. The van der Waals surface area contributed by atoms with Gasteiger partial charge in [0.25, 0.3) is 0 Å². The fourth-order valence-corrected chi connectivity index (χ4v) is 1.98. The number of esters is 2. The number of carbonyl (C=O) groups is 5. The maximum Gasteiger partial charge on any atom is 0.323 e. The van der Waals surface area contributed by atoms with Crippen molar-refractivity contribution in [1.29, 1.82) is 0 Å². The summed E-state index contributed by atoms with van der Waals surface area (Å²) in [6.45, 7) is 1.43. The van der Waals surface area contributed by atoms with Gasteiger partial charge in [-0.3, -0.25) is 24.0 Å². The van der Waals surface area contributed by atoms with Gasteiger partial charge < -0.3 is 30.5 Å². The maximum absolute atomic E-state index is 11.9. The van der Waals surface area contributed by atoms with Crippen LogP contribution in [0, 0.1) is 0 Å². The van der Waals surface area contributed by atoms with Crippen LogP contribution in [0.5, 0.6) is 0 Å². The fraction of sp³-hybridized carbons (Fsp3) is 0.450. The molecule has 11 nitrogen and oxygen atoms in total. The van der Waals surface area contributed by atoms with E-state index in [1.54, 1.807) is 6.92 Å². The Morgan fingerprint density at radius 1 is 0.871 bits per heavy atom. The number of carbonyl (C=O) groups excluding carboxylic acids is 2. The van der Waals surface area contributed by atoms with E-state index in [0.717, 1.165) is 5.56 Å². The van der Waals surface area contributed by atoms with Crippen LogP contribution in [-0.4, -0.2) is 63.9 Å². The molecule has 0 aromatic heterocycles. The van der Waals surface area contributed by atoms with E-state index in [1.165, 1.54) is 0 Å². The van der Waals surface area contributed by atoms with Crippen LogP contribution in [0.1, 0.15) is 38.2 Å². The average Bonchev–Trinajstić information content (AvgIpc) is 2.70. The number of carboxylic acids is 3. The summed E-state index contributed by atoms with van der Waals surface area (Å²) < 4.78 is 9.94. The zero-order chi connectivity index (χ0) is 23.8. The van der Waals surface area contributed by atoms with Gasteiger partial charge in [-0.2, -0.15) is 0 Å². The van der Waals surface area contributed by atoms with Gasteiger partial charge in [0, 0.05) is 0 Å². The van der Waals surface area contributed by atoms with Gasteiger partial charge in [0.05, 0.1) is 25.7 Å². The Bertz CT molecular complexity index is 721. The summed E-state index contributed by atoms with van der Waals surface area (Å²) in [4.78, 5) is 52.7. The van der Waals surface area contributed by atoms with Crippen LogP contribution in [0.4, 0.5) is 0 Å². The van der Waals surface area contributed by atoms with Gasteiger partial charge in [-0.05, 0) is 18.9 Å². The molecule has 0 heterocycles. The standard InChI is InChI=1S/C16H21NO6.C4H6O4/c1-11(10-22-15(20)8-7-14(18)19)23-16(21)13(17)9-12-5-3-2-4-6-12;5-3(6)1-2-4(7)8/h2-6,11,13H,7-10,17H2,1H3,(H,18,19);1-2H2,(H,5,6)(H,7,8)/t11?,13-;/m0./s1. The first-order valence-corrected chi connectivity index (χ1v) is 9.32. The molecule has 0 saturated carbocycles. The van der Waals surface area contributed by atoms with E-state index in [0.29, 0.717) is 6.42 Å². The highest BCUT2D eigenvalue weighted by molar-refractivity contribution is 5.77. The summed E-state index contributed by atoms with van der Waals surface area (Å²) in [6.07, 6.45) is -1.41. The largest absolute Gasteiger partial charge is 0.481 e.